The molecule has 0 unspecified atom stereocenters. The number of rotatable bonds is 9. The Balaban J connectivity index is 5.98. The average Bonchev–Trinajstić information content (AvgIpc) is 2.44. The van der Waals surface area contributed by atoms with E-state index in [2.05, 4.69) is 0 Å². The van der Waals surface area contributed by atoms with Crippen LogP contribution in [-0.2, 0) is 0 Å². The van der Waals surface area contributed by atoms with E-state index in [1.807, 2.05) is 0 Å². The molecular weight excluding hydrogens is 446 g/mol. The standard InChI is InChI=1S/C14H18F13P/c1-7(2)28(8(3)4)6-5-9(15,16)10(17,18)11(19,20)12(21,22)13(23,24)14(25,26)27/h7-8H,5-6H2,1-4H3. The first kappa shape index (κ1) is 27.5. The maximum absolute atomic E-state index is 13.7. The van der Waals surface area contributed by atoms with Crippen molar-refractivity contribution in [2.75, 3.05) is 6.16 Å². The average molecular weight is 464 g/mol. The van der Waals surface area contributed by atoms with Gasteiger partial charge in [-0.15, -0.1) is 7.92 Å². The summed E-state index contributed by atoms with van der Waals surface area (Å²) in [6.07, 6.45) is -10.3. The largest absolute Gasteiger partial charge is 0.460 e. The third-order valence-corrected chi connectivity index (χ3v) is 7.40. The molecule has 0 heterocycles. The molecule has 0 aliphatic rings. The zero-order valence-electron chi connectivity index (χ0n) is 14.9. The van der Waals surface area contributed by atoms with Gasteiger partial charge in [0.1, 0.15) is 0 Å². The van der Waals surface area contributed by atoms with Crippen LogP contribution in [0.2, 0.25) is 0 Å². The van der Waals surface area contributed by atoms with Gasteiger partial charge in [0.2, 0.25) is 0 Å². The fraction of sp³-hybridized carbons (Fsp3) is 1.00. The molecule has 14 heteroatoms. The molecule has 0 spiro atoms. The molecule has 0 rings (SSSR count). The predicted octanol–water partition coefficient (Wildman–Crippen LogP) is 7.41. The highest BCUT2D eigenvalue weighted by molar-refractivity contribution is 7.59. The maximum Gasteiger partial charge on any atom is 0.460 e. The maximum atomic E-state index is 13.7. The zero-order valence-corrected chi connectivity index (χ0v) is 15.8. The molecule has 0 saturated heterocycles. The Kier molecular flexibility index (Phi) is 7.84. The highest BCUT2D eigenvalue weighted by Gasteiger charge is 2.90. The molecule has 0 aromatic carbocycles. The highest BCUT2D eigenvalue weighted by atomic mass is 31.1. The molecule has 170 valence electrons. The van der Waals surface area contributed by atoms with Crippen LogP contribution >= 0.6 is 7.92 Å². The molecule has 0 aliphatic heterocycles. The molecule has 0 aromatic rings. The van der Waals surface area contributed by atoms with Crippen molar-refractivity contribution < 1.29 is 57.1 Å². The van der Waals surface area contributed by atoms with E-state index in [9.17, 15) is 57.1 Å². The quantitative estimate of drug-likeness (QED) is 0.246. The Morgan fingerprint density at radius 1 is 0.536 bits per heavy atom. The summed E-state index contributed by atoms with van der Waals surface area (Å²) in [5.74, 6) is -36.3. The SMILES string of the molecule is CC(C)P(CCC(F)(F)C(F)(F)C(F)(F)C(F)(F)C(F)(F)C(F)(F)F)C(C)C. The van der Waals surface area contributed by atoms with Crippen LogP contribution in [0, 0.1) is 0 Å². The van der Waals surface area contributed by atoms with Crippen LogP contribution < -0.4 is 0 Å². The van der Waals surface area contributed by atoms with Crippen molar-refractivity contribution >= 4 is 7.92 Å². The van der Waals surface area contributed by atoms with Crippen LogP contribution in [0.4, 0.5) is 57.1 Å². The summed E-state index contributed by atoms with van der Waals surface area (Å²) in [6, 6.07) is 0. The van der Waals surface area contributed by atoms with Crippen LogP contribution in [0.1, 0.15) is 34.1 Å². The monoisotopic (exact) mass is 464 g/mol. The molecule has 0 aliphatic carbocycles. The van der Waals surface area contributed by atoms with Crippen LogP contribution in [0.15, 0.2) is 0 Å². The molecule has 0 saturated carbocycles. The fourth-order valence-corrected chi connectivity index (χ4v) is 5.11. The lowest BCUT2D eigenvalue weighted by molar-refractivity contribution is -0.439. The molecule has 0 nitrogen and oxygen atoms in total. The van der Waals surface area contributed by atoms with Gasteiger partial charge in [-0.05, 0) is 17.5 Å². The van der Waals surface area contributed by atoms with Crippen molar-refractivity contribution in [1.82, 2.24) is 0 Å². The van der Waals surface area contributed by atoms with Crippen molar-refractivity contribution in [3.8, 4) is 0 Å². The van der Waals surface area contributed by atoms with E-state index in [-0.39, 0.29) is 11.3 Å². The summed E-state index contributed by atoms with van der Waals surface area (Å²) in [7, 11) is -1.47. The van der Waals surface area contributed by atoms with Crippen LogP contribution in [-0.4, -0.2) is 53.3 Å². The van der Waals surface area contributed by atoms with E-state index in [0.717, 1.165) is 0 Å². The van der Waals surface area contributed by atoms with Crippen LogP contribution in [0.25, 0.3) is 0 Å². The first-order valence-electron chi connectivity index (χ1n) is 7.70. The van der Waals surface area contributed by atoms with Gasteiger partial charge in [-0.1, -0.05) is 27.7 Å². The molecule has 0 fully saturated rings. The zero-order chi connectivity index (χ0) is 23.1. The van der Waals surface area contributed by atoms with Crippen molar-refractivity contribution in [2.45, 2.75) is 81.2 Å². The van der Waals surface area contributed by atoms with Gasteiger partial charge in [0.05, 0.1) is 0 Å². The molecule has 0 N–H and O–H groups in total. The van der Waals surface area contributed by atoms with Crippen LogP contribution in [0.3, 0.4) is 0 Å². The molecule has 0 bridgehead atoms. The third kappa shape index (κ3) is 4.48. The summed E-state index contributed by atoms with van der Waals surface area (Å²) in [4.78, 5) is 0. The van der Waals surface area contributed by atoms with E-state index in [4.69, 9.17) is 0 Å². The van der Waals surface area contributed by atoms with E-state index in [1.54, 1.807) is 0 Å². The number of halogens is 13. The molecule has 0 radical (unpaired) electrons. The summed E-state index contributed by atoms with van der Waals surface area (Å²) in [5.41, 5.74) is -0.702. The minimum atomic E-state index is -7.83. The van der Waals surface area contributed by atoms with Gasteiger partial charge in [-0.2, -0.15) is 57.1 Å². The van der Waals surface area contributed by atoms with Gasteiger partial charge in [0.25, 0.3) is 0 Å². The summed E-state index contributed by atoms with van der Waals surface area (Å²) >= 11 is 0. The van der Waals surface area contributed by atoms with Gasteiger partial charge >= 0.3 is 35.8 Å². The molecule has 0 aromatic heterocycles. The van der Waals surface area contributed by atoms with Gasteiger partial charge in [-0.3, -0.25) is 0 Å². The van der Waals surface area contributed by atoms with E-state index >= 15 is 0 Å². The highest BCUT2D eigenvalue weighted by Crippen LogP contribution is 2.61. The lowest BCUT2D eigenvalue weighted by atomic mass is 9.93. The Morgan fingerprint density at radius 3 is 1.14 bits per heavy atom. The van der Waals surface area contributed by atoms with Crippen molar-refractivity contribution in [3.05, 3.63) is 0 Å². The second kappa shape index (κ2) is 7.98. The Hall–Kier alpha value is -0.480. The lowest BCUT2D eigenvalue weighted by Crippen LogP contribution is -2.70. The topological polar surface area (TPSA) is 0 Å². The van der Waals surface area contributed by atoms with E-state index in [0.29, 0.717) is 0 Å². The summed E-state index contributed by atoms with van der Waals surface area (Å²) in [6.45, 7) is 6.03. The summed E-state index contributed by atoms with van der Waals surface area (Å²) in [5, 5.41) is 0. The van der Waals surface area contributed by atoms with Crippen LogP contribution in [0.5, 0.6) is 0 Å². The number of alkyl halides is 13. The Bertz CT molecular complexity index is 514. The van der Waals surface area contributed by atoms with Gasteiger partial charge in [0.15, 0.2) is 0 Å². The minimum absolute atomic E-state index is 0.351. The molecular formula is C14H18F13P. The van der Waals surface area contributed by atoms with E-state index < -0.39 is 56.3 Å². The van der Waals surface area contributed by atoms with Crippen molar-refractivity contribution in [3.63, 3.8) is 0 Å². The first-order chi connectivity index (χ1) is 12.0. The first-order valence-corrected chi connectivity index (χ1v) is 9.37. The van der Waals surface area contributed by atoms with Crippen molar-refractivity contribution in [2.24, 2.45) is 0 Å². The minimum Gasteiger partial charge on any atom is -0.200 e. The smallest absolute Gasteiger partial charge is 0.200 e. The predicted molar refractivity (Wildman–Crippen MR) is 77.5 cm³/mol. The Labute approximate surface area is 153 Å². The third-order valence-electron chi connectivity index (χ3n) is 4.01. The van der Waals surface area contributed by atoms with Gasteiger partial charge < -0.3 is 0 Å². The van der Waals surface area contributed by atoms with E-state index in [1.165, 1.54) is 27.7 Å². The van der Waals surface area contributed by atoms with Crippen molar-refractivity contribution in [1.29, 1.82) is 0 Å². The summed E-state index contributed by atoms with van der Waals surface area (Å²) < 4.78 is 169. The fourth-order valence-electron chi connectivity index (χ4n) is 2.34. The van der Waals surface area contributed by atoms with Gasteiger partial charge in [0, 0.05) is 6.42 Å². The molecule has 0 atom stereocenters. The lowest BCUT2D eigenvalue weighted by Gasteiger charge is -2.40. The Morgan fingerprint density at radius 2 is 0.857 bits per heavy atom. The normalized spacial score (nSPS) is 15.9. The molecule has 0 amide bonds. The molecule has 28 heavy (non-hydrogen) atoms. The second-order valence-corrected chi connectivity index (χ2v) is 10.2. The number of hydrogen-bond acceptors (Lipinski definition) is 0. The van der Waals surface area contributed by atoms with Gasteiger partial charge in [-0.25, -0.2) is 0 Å². The number of hydrogen-bond donors (Lipinski definition) is 0. The second-order valence-electron chi connectivity index (χ2n) is 6.68.